The zero-order chi connectivity index (χ0) is 15.5. The van der Waals surface area contributed by atoms with Crippen molar-refractivity contribution in [2.75, 3.05) is 18.0 Å². The van der Waals surface area contributed by atoms with Crippen molar-refractivity contribution in [3.05, 3.63) is 11.6 Å². The number of hydrogen-bond acceptors (Lipinski definition) is 4. The van der Waals surface area contributed by atoms with E-state index in [0.29, 0.717) is 6.54 Å². The summed E-state index contributed by atoms with van der Waals surface area (Å²) in [7, 11) is 0. The number of rotatable bonds is 12. The summed E-state index contributed by atoms with van der Waals surface area (Å²) in [5, 5.41) is 12.0. The van der Waals surface area contributed by atoms with E-state index in [9.17, 15) is 4.79 Å². The molecule has 0 saturated heterocycles. The minimum atomic E-state index is -0.740. The maximum atomic E-state index is 11.0. The van der Waals surface area contributed by atoms with Gasteiger partial charge in [-0.1, -0.05) is 52.4 Å². The Bertz CT molecular complexity index is 382. The van der Waals surface area contributed by atoms with Crippen molar-refractivity contribution in [2.24, 2.45) is 5.92 Å². The number of anilines is 1. The van der Waals surface area contributed by atoms with E-state index in [1.54, 1.807) is 24.5 Å². The molecule has 1 rings (SSSR count). The summed E-state index contributed by atoms with van der Waals surface area (Å²) >= 11 is 1.58. The molecule has 1 aromatic heterocycles. The number of carboxylic acid groups (broad SMARTS) is 1. The molecule has 0 saturated carbocycles. The molecule has 1 unspecified atom stereocenters. The van der Waals surface area contributed by atoms with E-state index < -0.39 is 5.97 Å². The molecule has 0 aliphatic heterocycles. The predicted molar refractivity (Wildman–Crippen MR) is 89.1 cm³/mol. The highest BCUT2D eigenvalue weighted by Crippen LogP contribution is 2.20. The Balaban J connectivity index is 2.31. The Morgan fingerprint density at radius 2 is 1.95 bits per heavy atom. The van der Waals surface area contributed by atoms with Gasteiger partial charge in [-0.25, -0.2) is 4.98 Å². The summed E-state index contributed by atoms with van der Waals surface area (Å²) in [5.74, 6) is -1.10. The Hall–Kier alpha value is -1.10. The minimum Gasteiger partial charge on any atom is -0.481 e. The molecule has 0 amide bonds. The normalized spacial score (nSPS) is 12.3. The molecule has 1 atom stereocenters. The first kappa shape index (κ1) is 18.0. The van der Waals surface area contributed by atoms with Crippen LogP contribution in [0.3, 0.4) is 0 Å². The number of nitrogens with zero attached hydrogens (tertiary/aromatic N) is 2. The summed E-state index contributed by atoms with van der Waals surface area (Å²) in [6.07, 6.45) is 10.7. The lowest BCUT2D eigenvalue weighted by Gasteiger charge is -2.23. The van der Waals surface area contributed by atoms with Gasteiger partial charge in [0.05, 0.1) is 5.92 Å². The van der Waals surface area contributed by atoms with Gasteiger partial charge in [0.1, 0.15) is 0 Å². The number of aliphatic carboxylic acids is 1. The van der Waals surface area contributed by atoms with Crippen molar-refractivity contribution in [2.45, 2.75) is 58.8 Å². The zero-order valence-electron chi connectivity index (χ0n) is 13.3. The monoisotopic (exact) mass is 312 g/mol. The van der Waals surface area contributed by atoms with Crippen molar-refractivity contribution in [1.29, 1.82) is 0 Å². The van der Waals surface area contributed by atoms with Gasteiger partial charge in [0, 0.05) is 24.7 Å². The highest BCUT2D eigenvalue weighted by molar-refractivity contribution is 7.13. The van der Waals surface area contributed by atoms with Gasteiger partial charge in [-0.15, -0.1) is 11.3 Å². The van der Waals surface area contributed by atoms with Gasteiger partial charge in [-0.05, 0) is 6.42 Å². The lowest BCUT2D eigenvalue weighted by molar-refractivity contribution is -0.140. The third-order valence-corrected chi connectivity index (χ3v) is 4.47. The second kappa shape index (κ2) is 10.6. The van der Waals surface area contributed by atoms with E-state index in [4.69, 9.17) is 5.11 Å². The van der Waals surface area contributed by atoms with E-state index in [1.807, 2.05) is 5.38 Å². The first-order valence-electron chi connectivity index (χ1n) is 8.02. The van der Waals surface area contributed by atoms with Gasteiger partial charge in [-0.2, -0.15) is 0 Å². The standard InChI is InChI=1S/C16H28N2O2S/c1-3-4-5-6-7-8-9-11-18(13-14(2)15(19)20)16-17-10-12-21-16/h10,12,14H,3-9,11,13H2,1-2H3,(H,19,20). The van der Waals surface area contributed by atoms with Gasteiger partial charge >= 0.3 is 5.97 Å². The number of carbonyl (C=O) groups is 1. The molecule has 5 heteroatoms. The first-order valence-corrected chi connectivity index (χ1v) is 8.90. The Morgan fingerprint density at radius 3 is 2.52 bits per heavy atom. The average molecular weight is 312 g/mol. The van der Waals surface area contributed by atoms with Gasteiger partial charge in [0.25, 0.3) is 0 Å². The number of aromatic nitrogens is 1. The Kier molecular flexibility index (Phi) is 9.06. The van der Waals surface area contributed by atoms with Crippen LogP contribution in [0.25, 0.3) is 0 Å². The number of carboxylic acids is 1. The summed E-state index contributed by atoms with van der Waals surface area (Å²) < 4.78 is 0. The number of hydrogen-bond donors (Lipinski definition) is 1. The fourth-order valence-electron chi connectivity index (χ4n) is 2.31. The molecule has 0 aliphatic rings. The van der Waals surface area contributed by atoms with Crippen LogP contribution in [0.5, 0.6) is 0 Å². The zero-order valence-corrected chi connectivity index (χ0v) is 14.1. The molecule has 0 radical (unpaired) electrons. The van der Waals surface area contributed by atoms with Crippen LogP contribution < -0.4 is 4.90 Å². The molecule has 0 aliphatic carbocycles. The molecule has 4 nitrogen and oxygen atoms in total. The summed E-state index contributed by atoms with van der Waals surface area (Å²) in [5.41, 5.74) is 0. The molecule has 0 aromatic carbocycles. The summed E-state index contributed by atoms with van der Waals surface area (Å²) in [4.78, 5) is 17.5. The molecule has 1 heterocycles. The summed E-state index contributed by atoms with van der Waals surface area (Å²) in [6, 6.07) is 0. The molecule has 0 fully saturated rings. The van der Waals surface area contributed by atoms with Crippen LogP contribution in [-0.2, 0) is 4.79 Å². The predicted octanol–water partition coefficient (Wildman–Crippen LogP) is 4.42. The van der Waals surface area contributed by atoms with Crippen molar-refractivity contribution < 1.29 is 9.90 Å². The highest BCUT2D eigenvalue weighted by Gasteiger charge is 2.17. The van der Waals surface area contributed by atoms with Crippen LogP contribution in [0.1, 0.15) is 58.8 Å². The molecule has 0 spiro atoms. The van der Waals surface area contributed by atoms with Crippen LogP contribution in [-0.4, -0.2) is 29.1 Å². The van der Waals surface area contributed by atoms with Gasteiger partial charge in [0.15, 0.2) is 5.13 Å². The van der Waals surface area contributed by atoms with Crippen LogP contribution >= 0.6 is 11.3 Å². The minimum absolute atomic E-state index is 0.363. The molecular weight excluding hydrogens is 284 g/mol. The fourth-order valence-corrected chi connectivity index (χ4v) is 2.99. The largest absolute Gasteiger partial charge is 0.481 e. The maximum Gasteiger partial charge on any atom is 0.308 e. The second-order valence-electron chi connectivity index (χ2n) is 5.62. The lowest BCUT2D eigenvalue weighted by Crippen LogP contribution is -2.32. The van der Waals surface area contributed by atoms with Gasteiger partial charge in [0.2, 0.25) is 0 Å². The molecule has 120 valence electrons. The number of unbranched alkanes of at least 4 members (excludes halogenated alkanes) is 6. The molecule has 1 aromatic rings. The quantitative estimate of drug-likeness (QED) is 0.580. The Labute approximate surface area is 132 Å². The average Bonchev–Trinajstić information content (AvgIpc) is 2.98. The first-order chi connectivity index (χ1) is 10.1. The molecule has 0 bridgehead atoms. The third kappa shape index (κ3) is 7.46. The van der Waals surface area contributed by atoms with Crippen molar-refractivity contribution >= 4 is 22.4 Å². The smallest absolute Gasteiger partial charge is 0.308 e. The van der Waals surface area contributed by atoms with E-state index >= 15 is 0 Å². The third-order valence-electron chi connectivity index (χ3n) is 3.64. The van der Waals surface area contributed by atoms with Gasteiger partial charge < -0.3 is 10.0 Å². The van der Waals surface area contributed by atoms with E-state index in [1.165, 1.54) is 38.5 Å². The molecule has 21 heavy (non-hydrogen) atoms. The van der Waals surface area contributed by atoms with Crippen molar-refractivity contribution in [1.82, 2.24) is 4.98 Å². The van der Waals surface area contributed by atoms with Crippen LogP contribution in [0.15, 0.2) is 11.6 Å². The van der Waals surface area contributed by atoms with Gasteiger partial charge in [-0.3, -0.25) is 4.79 Å². The maximum absolute atomic E-state index is 11.0. The van der Waals surface area contributed by atoms with E-state index in [-0.39, 0.29) is 5.92 Å². The van der Waals surface area contributed by atoms with Crippen molar-refractivity contribution in [3.63, 3.8) is 0 Å². The van der Waals surface area contributed by atoms with E-state index in [2.05, 4.69) is 16.8 Å². The fraction of sp³-hybridized carbons (Fsp3) is 0.750. The van der Waals surface area contributed by atoms with Crippen LogP contribution in [0.4, 0.5) is 5.13 Å². The van der Waals surface area contributed by atoms with Crippen LogP contribution in [0, 0.1) is 5.92 Å². The SMILES string of the molecule is CCCCCCCCCN(CC(C)C(=O)O)c1nccs1. The Morgan fingerprint density at radius 1 is 1.29 bits per heavy atom. The molecule has 1 N–H and O–H groups in total. The van der Waals surface area contributed by atoms with E-state index in [0.717, 1.165) is 18.1 Å². The second-order valence-corrected chi connectivity index (χ2v) is 6.49. The lowest BCUT2D eigenvalue weighted by atomic mass is 10.1. The topological polar surface area (TPSA) is 53.4 Å². The number of thiazole rings is 1. The van der Waals surface area contributed by atoms with Crippen LogP contribution in [0.2, 0.25) is 0 Å². The molecular formula is C16H28N2O2S. The highest BCUT2D eigenvalue weighted by atomic mass is 32.1. The summed E-state index contributed by atoms with van der Waals surface area (Å²) in [6.45, 7) is 5.43. The van der Waals surface area contributed by atoms with Crippen molar-refractivity contribution in [3.8, 4) is 0 Å².